The molecule has 0 saturated heterocycles. The molecular weight excluding hydrogens is 246 g/mol. The summed E-state index contributed by atoms with van der Waals surface area (Å²) in [4.78, 5) is 12.0. The number of ketones is 1. The standard InChI is InChI=1S/C18H19NO/c20-17(15-7-3-1-4-8-15)11-14-19-18(12-13-18)16-9-5-2-6-10-16/h1-10,19H,11-14H2. The summed E-state index contributed by atoms with van der Waals surface area (Å²) in [6, 6.07) is 20.0. The van der Waals surface area contributed by atoms with Crippen LogP contribution < -0.4 is 5.32 Å². The van der Waals surface area contributed by atoms with Gasteiger partial charge in [-0.25, -0.2) is 0 Å². The molecule has 3 rings (SSSR count). The summed E-state index contributed by atoms with van der Waals surface area (Å²) in [7, 11) is 0. The van der Waals surface area contributed by atoms with Gasteiger partial charge in [0.1, 0.15) is 0 Å². The highest BCUT2D eigenvalue weighted by Gasteiger charge is 2.43. The Bertz CT molecular complexity index is 573. The van der Waals surface area contributed by atoms with Crippen molar-refractivity contribution >= 4 is 5.78 Å². The molecule has 1 fully saturated rings. The summed E-state index contributed by atoms with van der Waals surface area (Å²) in [5.74, 6) is 0.210. The summed E-state index contributed by atoms with van der Waals surface area (Å²) in [5.41, 5.74) is 2.27. The van der Waals surface area contributed by atoms with Crippen molar-refractivity contribution < 1.29 is 4.79 Å². The average molecular weight is 265 g/mol. The van der Waals surface area contributed by atoms with E-state index in [-0.39, 0.29) is 11.3 Å². The Balaban J connectivity index is 1.55. The Morgan fingerprint density at radius 3 is 2.15 bits per heavy atom. The van der Waals surface area contributed by atoms with Crippen molar-refractivity contribution in [2.45, 2.75) is 24.8 Å². The van der Waals surface area contributed by atoms with Crippen molar-refractivity contribution in [2.24, 2.45) is 0 Å². The largest absolute Gasteiger partial charge is 0.307 e. The van der Waals surface area contributed by atoms with E-state index in [4.69, 9.17) is 0 Å². The van der Waals surface area contributed by atoms with Gasteiger partial charge in [-0.2, -0.15) is 0 Å². The maximum atomic E-state index is 12.0. The van der Waals surface area contributed by atoms with Crippen LogP contribution in [0.1, 0.15) is 35.2 Å². The average Bonchev–Trinajstić information content (AvgIpc) is 3.30. The van der Waals surface area contributed by atoms with Crippen LogP contribution in [0, 0.1) is 0 Å². The second-order valence-electron chi connectivity index (χ2n) is 5.41. The molecule has 2 aromatic carbocycles. The topological polar surface area (TPSA) is 29.1 Å². The van der Waals surface area contributed by atoms with Crippen LogP contribution in [-0.2, 0) is 5.54 Å². The molecular formula is C18H19NO. The van der Waals surface area contributed by atoms with Gasteiger partial charge >= 0.3 is 0 Å². The number of nitrogens with one attached hydrogen (secondary N) is 1. The van der Waals surface area contributed by atoms with Crippen LogP contribution in [0.5, 0.6) is 0 Å². The molecule has 0 heterocycles. The molecule has 102 valence electrons. The minimum atomic E-state index is 0.123. The van der Waals surface area contributed by atoms with Crippen LogP contribution in [0.15, 0.2) is 60.7 Å². The van der Waals surface area contributed by atoms with Gasteiger partial charge in [0.25, 0.3) is 0 Å². The number of benzene rings is 2. The minimum Gasteiger partial charge on any atom is -0.307 e. The van der Waals surface area contributed by atoms with Gasteiger partial charge in [-0.3, -0.25) is 4.79 Å². The monoisotopic (exact) mass is 265 g/mol. The molecule has 1 aliphatic carbocycles. The molecule has 0 unspecified atom stereocenters. The smallest absolute Gasteiger partial charge is 0.164 e. The van der Waals surface area contributed by atoms with Crippen LogP contribution in [0.2, 0.25) is 0 Å². The van der Waals surface area contributed by atoms with E-state index in [1.165, 1.54) is 5.56 Å². The number of rotatable bonds is 6. The van der Waals surface area contributed by atoms with Gasteiger partial charge in [-0.15, -0.1) is 0 Å². The molecule has 1 aliphatic rings. The first-order chi connectivity index (χ1) is 9.80. The first-order valence-corrected chi connectivity index (χ1v) is 7.19. The van der Waals surface area contributed by atoms with E-state index < -0.39 is 0 Å². The van der Waals surface area contributed by atoms with Crippen molar-refractivity contribution in [1.82, 2.24) is 5.32 Å². The third kappa shape index (κ3) is 2.81. The van der Waals surface area contributed by atoms with Crippen molar-refractivity contribution in [2.75, 3.05) is 6.54 Å². The van der Waals surface area contributed by atoms with Gasteiger partial charge in [0.05, 0.1) is 0 Å². The van der Waals surface area contributed by atoms with E-state index in [9.17, 15) is 4.79 Å². The highest BCUT2D eigenvalue weighted by Crippen LogP contribution is 2.45. The molecule has 2 aromatic rings. The van der Waals surface area contributed by atoms with Crippen LogP contribution in [0.25, 0.3) is 0 Å². The summed E-state index contributed by atoms with van der Waals surface area (Å²) in [6.07, 6.45) is 2.88. The lowest BCUT2D eigenvalue weighted by molar-refractivity contribution is 0.0981. The highest BCUT2D eigenvalue weighted by atomic mass is 16.1. The summed E-state index contributed by atoms with van der Waals surface area (Å²) >= 11 is 0. The summed E-state index contributed by atoms with van der Waals surface area (Å²) in [6.45, 7) is 0.739. The Kier molecular flexibility index (Phi) is 3.66. The van der Waals surface area contributed by atoms with Crippen molar-refractivity contribution in [3.8, 4) is 0 Å². The molecule has 0 bridgehead atoms. The van der Waals surface area contributed by atoms with Gasteiger partial charge in [-0.1, -0.05) is 60.7 Å². The van der Waals surface area contributed by atoms with Crippen molar-refractivity contribution in [1.29, 1.82) is 0 Å². The molecule has 2 heteroatoms. The van der Waals surface area contributed by atoms with E-state index in [0.717, 1.165) is 24.9 Å². The first kappa shape index (κ1) is 13.1. The molecule has 0 aliphatic heterocycles. The van der Waals surface area contributed by atoms with Crippen LogP contribution in [0.3, 0.4) is 0 Å². The van der Waals surface area contributed by atoms with Gasteiger partial charge in [0, 0.05) is 24.1 Å². The number of Topliss-reactive ketones (excluding diaryl/α,β-unsaturated/α-hetero) is 1. The highest BCUT2D eigenvalue weighted by molar-refractivity contribution is 5.96. The fraction of sp³-hybridized carbons (Fsp3) is 0.278. The second kappa shape index (κ2) is 5.59. The maximum Gasteiger partial charge on any atom is 0.164 e. The van der Waals surface area contributed by atoms with Gasteiger partial charge in [-0.05, 0) is 18.4 Å². The summed E-state index contributed by atoms with van der Waals surface area (Å²) in [5, 5.41) is 3.57. The predicted octanol–water partition coefficient (Wildman–Crippen LogP) is 3.54. The van der Waals surface area contributed by atoms with E-state index in [0.29, 0.717) is 6.42 Å². The molecule has 0 spiro atoms. The Morgan fingerprint density at radius 2 is 1.55 bits per heavy atom. The maximum absolute atomic E-state index is 12.0. The van der Waals surface area contributed by atoms with Gasteiger partial charge in [0.15, 0.2) is 5.78 Å². The Morgan fingerprint density at radius 1 is 0.950 bits per heavy atom. The lowest BCUT2D eigenvalue weighted by atomic mass is 10.0. The van der Waals surface area contributed by atoms with Gasteiger partial charge < -0.3 is 5.32 Å². The third-order valence-electron chi connectivity index (χ3n) is 3.99. The lowest BCUT2D eigenvalue weighted by Crippen LogP contribution is -2.30. The Hall–Kier alpha value is -1.93. The zero-order valence-corrected chi connectivity index (χ0v) is 11.5. The molecule has 0 atom stereocenters. The zero-order chi connectivity index (χ0) is 13.8. The van der Waals surface area contributed by atoms with Gasteiger partial charge in [0.2, 0.25) is 0 Å². The molecule has 0 radical (unpaired) electrons. The fourth-order valence-corrected chi connectivity index (χ4v) is 2.63. The first-order valence-electron chi connectivity index (χ1n) is 7.19. The van der Waals surface area contributed by atoms with Crippen LogP contribution in [-0.4, -0.2) is 12.3 Å². The van der Waals surface area contributed by atoms with E-state index >= 15 is 0 Å². The predicted molar refractivity (Wildman–Crippen MR) is 80.7 cm³/mol. The number of carbonyl (C=O) groups excluding carboxylic acids is 1. The Labute approximate surface area is 119 Å². The second-order valence-corrected chi connectivity index (χ2v) is 5.41. The molecule has 20 heavy (non-hydrogen) atoms. The molecule has 0 amide bonds. The molecule has 1 saturated carbocycles. The quantitative estimate of drug-likeness (QED) is 0.809. The van der Waals surface area contributed by atoms with Crippen LogP contribution in [0.4, 0.5) is 0 Å². The zero-order valence-electron chi connectivity index (χ0n) is 11.5. The van der Waals surface area contributed by atoms with E-state index in [1.807, 2.05) is 36.4 Å². The number of carbonyl (C=O) groups is 1. The number of hydrogen-bond donors (Lipinski definition) is 1. The summed E-state index contributed by atoms with van der Waals surface area (Å²) < 4.78 is 0. The van der Waals surface area contributed by atoms with E-state index in [1.54, 1.807) is 0 Å². The number of hydrogen-bond acceptors (Lipinski definition) is 2. The third-order valence-corrected chi connectivity index (χ3v) is 3.99. The molecule has 0 aromatic heterocycles. The molecule has 2 nitrogen and oxygen atoms in total. The minimum absolute atomic E-state index is 0.123. The van der Waals surface area contributed by atoms with Crippen LogP contribution >= 0.6 is 0 Å². The normalized spacial score (nSPS) is 15.8. The lowest BCUT2D eigenvalue weighted by Gasteiger charge is -2.17. The van der Waals surface area contributed by atoms with Crippen molar-refractivity contribution in [3.63, 3.8) is 0 Å². The van der Waals surface area contributed by atoms with Crippen molar-refractivity contribution in [3.05, 3.63) is 71.8 Å². The molecule has 1 N–H and O–H groups in total. The van der Waals surface area contributed by atoms with E-state index in [2.05, 4.69) is 29.6 Å². The SMILES string of the molecule is O=C(CCNC1(c2ccccc2)CC1)c1ccccc1. The fourth-order valence-electron chi connectivity index (χ4n) is 2.63.